The Morgan fingerprint density at radius 1 is 1.29 bits per heavy atom. The lowest BCUT2D eigenvalue weighted by Crippen LogP contribution is -2.42. The Labute approximate surface area is 228 Å². The van der Waals surface area contributed by atoms with Crippen LogP contribution in [-0.2, 0) is 23.8 Å². The Kier molecular flexibility index (Phi) is 7.28. The monoisotopic (exact) mass is 567 g/mol. The van der Waals surface area contributed by atoms with E-state index in [0.717, 1.165) is 19.3 Å². The van der Waals surface area contributed by atoms with Crippen molar-refractivity contribution in [1.82, 2.24) is 20.1 Å². The molecular weight excluding hydrogens is 539 g/mol. The molecule has 1 fully saturated rings. The molecule has 1 saturated carbocycles. The van der Waals surface area contributed by atoms with E-state index in [0.29, 0.717) is 33.6 Å². The topological polar surface area (TPSA) is 101 Å². The Balaban J connectivity index is 1.36. The third kappa shape index (κ3) is 5.73. The van der Waals surface area contributed by atoms with Gasteiger partial charge in [-0.2, -0.15) is 13.9 Å². The molecule has 0 saturated heterocycles. The number of carbonyl (C=O) groups is 1. The maximum absolute atomic E-state index is 14.7. The largest absolute Gasteiger partial charge is 0.389 e. The lowest BCUT2D eigenvalue weighted by molar-refractivity contribution is -0.106. The number of ether oxygens (including phenoxy) is 1. The molecule has 1 aliphatic heterocycles. The third-order valence-corrected chi connectivity index (χ3v) is 7.31. The predicted octanol–water partition coefficient (Wildman–Crippen LogP) is 5.28. The average molecular weight is 568 g/mol. The van der Waals surface area contributed by atoms with Crippen LogP contribution in [0.1, 0.15) is 61.1 Å². The third-order valence-electron chi connectivity index (χ3n) is 6.79. The van der Waals surface area contributed by atoms with Crippen LogP contribution < -0.4 is 10.6 Å². The van der Waals surface area contributed by atoms with Crippen LogP contribution in [0, 0.1) is 0 Å². The van der Waals surface area contributed by atoms with Gasteiger partial charge in [-0.15, -0.1) is 0 Å². The van der Waals surface area contributed by atoms with Gasteiger partial charge in [0.05, 0.1) is 35.5 Å². The first-order valence-electron chi connectivity index (χ1n) is 12.5. The van der Waals surface area contributed by atoms with E-state index in [9.17, 15) is 18.7 Å². The zero-order valence-electron chi connectivity index (χ0n) is 21.0. The average Bonchev–Trinajstić information content (AvgIpc) is 3.18. The van der Waals surface area contributed by atoms with Gasteiger partial charge in [-0.25, -0.2) is 4.98 Å². The number of anilines is 1. The minimum Gasteiger partial charge on any atom is -0.389 e. The molecule has 3 N–H and O–H groups in total. The molecule has 2 atom stereocenters. The van der Waals surface area contributed by atoms with Crippen molar-refractivity contribution in [3.8, 4) is 0 Å². The van der Waals surface area contributed by atoms with E-state index in [4.69, 9.17) is 27.9 Å². The number of fused-ring (bicyclic) bond motifs is 2. The molecule has 0 spiro atoms. The summed E-state index contributed by atoms with van der Waals surface area (Å²) in [4.78, 5) is 17.3. The fraction of sp³-hybridized carbons (Fsp3) is 0.500. The van der Waals surface area contributed by atoms with E-state index >= 15 is 0 Å². The molecule has 0 radical (unpaired) electrons. The maximum atomic E-state index is 14.7. The van der Waals surface area contributed by atoms with E-state index in [1.165, 1.54) is 10.9 Å². The zero-order valence-corrected chi connectivity index (χ0v) is 22.5. The second kappa shape index (κ2) is 10.2. The van der Waals surface area contributed by atoms with Crippen LogP contribution in [0.5, 0.6) is 0 Å². The van der Waals surface area contributed by atoms with Crippen molar-refractivity contribution in [2.45, 2.75) is 76.3 Å². The Hall–Kier alpha value is -2.53. The molecule has 1 amide bonds. The summed E-state index contributed by atoms with van der Waals surface area (Å²) in [5.74, 6) is -3.55. The summed E-state index contributed by atoms with van der Waals surface area (Å²) < 4.78 is 36.1. The molecule has 0 unspecified atom stereocenters. The van der Waals surface area contributed by atoms with Gasteiger partial charge in [0.25, 0.3) is 5.91 Å². The number of nitrogens with zero attached hydrogens (tertiary/aromatic N) is 3. The van der Waals surface area contributed by atoms with Gasteiger partial charge in [0, 0.05) is 34.3 Å². The van der Waals surface area contributed by atoms with Gasteiger partial charge >= 0.3 is 5.92 Å². The number of halogens is 4. The van der Waals surface area contributed by atoms with Gasteiger partial charge in [0.2, 0.25) is 0 Å². The van der Waals surface area contributed by atoms with Crippen LogP contribution in [0.3, 0.4) is 0 Å². The summed E-state index contributed by atoms with van der Waals surface area (Å²) >= 11 is 12.5. The molecule has 38 heavy (non-hydrogen) atoms. The number of carbonyl (C=O) groups excluding carboxylic acids is 1. The molecule has 1 aromatic carbocycles. The molecule has 12 heteroatoms. The van der Waals surface area contributed by atoms with Crippen LogP contribution in [0.15, 0.2) is 24.4 Å². The lowest BCUT2D eigenvalue weighted by Gasteiger charge is -2.33. The number of hydrogen-bond acceptors (Lipinski definition) is 6. The predicted molar refractivity (Wildman–Crippen MR) is 141 cm³/mol. The van der Waals surface area contributed by atoms with Crippen molar-refractivity contribution in [1.29, 1.82) is 0 Å². The minimum atomic E-state index is -3.20. The first-order chi connectivity index (χ1) is 17.9. The molecule has 0 bridgehead atoms. The lowest BCUT2D eigenvalue weighted by atomic mass is 9.90. The molecule has 2 aliphatic rings. The Bertz CT molecular complexity index is 1380. The number of pyridine rings is 1. The van der Waals surface area contributed by atoms with Gasteiger partial charge in [0.1, 0.15) is 12.3 Å². The van der Waals surface area contributed by atoms with Gasteiger partial charge in [-0.1, -0.05) is 23.2 Å². The van der Waals surface area contributed by atoms with E-state index in [2.05, 4.69) is 20.7 Å². The van der Waals surface area contributed by atoms with Crippen LogP contribution in [0.25, 0.3) is 10.9 Å². The fourth-order valence-corrected chi connectivity index (χ4v) is 5.58. The van der Waals surface area contributed by atoms with Crippen molar-refractivity contribution < 1.29 is 23.4 Å². The molecular formula is C26H29Cl2F2N5O3. The second-order valence-electron chi connectivity index (χ2n) is 10.7. The van der Waals surface area contributed by atoms with E-state index in [1.807, 2.05) is 0 Å². The standard InChI is InChI=1S/C26H29Cl2F2N5O3/c1-25(2,37)12-35-10-18(23(28)34-35)24(36)32-16-5-3-4-15(9-16)31-21-17-8-14(27)6-7-20(17)33-22-19(21)11-38-13-26(22,29)30/h6-8,10,15-16,37H,3-5,9,11-13H2,1-2H3,(H,31,33)(H,32,36)/t15-,16+/m0/s1. The van der Waals surface area contributed by atoms with Crippen molar-refractivity contribution >= 4 is 45.7 Å². The quantitative estimate of drug-likeness (QED) is 0.374. The highest BCUT2D eigenvalue weighted by molar-refractivity contribution is 6.32. The van der Waals surface area contributed by atoms with Gasteiger partial charge in [-0.05, 0) is 57.7 Å². The van der Waals surface area contributed by atoms with Crippen molar-refractivity contribution in [3.05, 3.63) is 51.4 Å². The second-order valence-corrected chi connectivity index (χ2v) is 11.5. The normalized spacial score (nSPS) is 21.2. The number of nitrogens with one attached hydrogen (secondary N) is 2. The highest BCUT2D eigenvalue weighted by atomic mass is 35.5. The first kappa shape index (κ1) is 27.1. The van der Waals surface area contributed by atoms with Crippen molar-refractivity contribution in [3.63, 3.8) is 0 Å². The summed E-state index contributed by atoms with van der Waals surface area (Å²) in [6.45, 7) is 2.77. The number of alkyl halides is 2. The van der Waals surface area contributed by atoms with Gasteiger partial charge < -0.3 is 20.5 Å². The molecule has 5 rings (SSSR count). The van der Waals surface area contributed by atoms with Crippen molar-refractivity contribution in [2.24, 2.45) is 0 Å². The first-order valence-corrected chi connectivity index (χ1v) is 13.3. The molecule has 3 aromatic rings. The van der Waals surface area contributed by atoms with Crippen LogP contribution in [0.2, 0.25) is 10.2 Å². The Morgan fingerprint density at radius 2 is 2.05 bits per heavy atom. The summed E-state index contributed by atoms with van der Waals surface area (Å²) in [6.07, 6.45) is 4.49. The van der Waals surface area contributed by atoms with Crippen LogP contribution in [0.4, 0.5) is 14.5 Å². The number of hydrogen-bond donors (Lipinski definition) is 3. The maximum Gasteiger partial charge on any atom is 0.312 e. The summed E-state index contributed by atoms with van der Waals surface area (Å²) in [5.41, 5.74) is 0.234. The number of benzene rings is 1. The smallest absolute Gasteiger partial charge is 0.312 e. The molecule has 3 heterocycles. The van der Waals surface area contributed by atoms with Crippen LogP contribution >= 0.6 is 23.2 Å². The number of aliphatic hydroxyl groups is 1. The number of rotatable bonds is 6. The summed E-state index contributed by atoms with van der Waals surface area (Å²) in [7, 11) is 0. The summed E-state index contributed by atoms with van der Waals surface area (Å²) in [6, 6.07) is 4.74. The van der Waals surface area contributed by atoms with Crippen molar-refractivity contribution in [2.75, 3.05) is 11.9 Å². The van der Waals surface area contributed by atoms with Crippen LogP contribution in [-0.4, -0.2) is 50.1 Å². The zero-order chi connectivity index (χ0) is 27.2. The molecule has 1 aliphatic carbocycles. The van der Waals surface area contributed by atoms with Gasteiger partial charge in [-0.3, -0.25) is 9.48 Å². The highest BCUT2D eigenvalue weighted by Gasteiger charge is 2.41. The highest BCUT2D eigenvalue weighted by Crippen LogP contribution is 2.41. The molecule has 2 aromatic heterocycles. The number of amides is 1. The SMILES string of the molecule is CC(C)(O)Cn1cc(C(=O)N[C@@H]2CCC[C@H](Nc3c4c(nc5ccc(Cl)cc35)C(F)(F)COC4)C2)c(Cl)n1. The fourth-order valence-electron chi connectivity index (χ4n) is 5.18. The van der Waals surface area contributed by atoms with E-state index < -0.39 is 18.1 Å². The molecule has 204 valence electrons. The minimum absolute atomic E-state index is 0.0166. The number of aromatic nitrogens is 3. The molecule has 8 nitrogen and oxygen atoms in total. The van der Waals surface area contributed by atoms with E-state index in [1.54, 1.807) is 32.0 Å². The Morgan fingerprint density at radius 3 is 2.82 bits per heavy atom. The summed E-state index contributed by atoms with van der Waals surface area (Å²) in [5, 5.41) is 21.8. The van der Waals surface area contributed by atoms with E-state index in [-0.39, 0.29) is 47.6 Å². The van der Waals surface area contributed by atoms with Gasteiger partial charge in [0.15, 0.2) is 5.15 Å².